The van der Waals surface area contributed by atoms with Crippen molar-refractivity contribution < 1.29 is 23.9 Å². The summed E-state index contributed by atoms with van der Waals surface area (Å²) in [7, 11) is 5.16. The van der Waals surface area contributed by atoms with Crippen molar-refractivity contribution in [2.24, 2.45) is 0 Å². The molecule has 254 valence electrons. The fraction of sp³-hybridized carbons (Fsp3) is 0.389. The molecule has 2 amide bonds. The summed E-state index contributed by atoms with van der Waals surface area (Å²) in [6.07, 6.45) is 4.82. The summed E-state index contributed by atoms with van der Waals surface area (Å²) in [5.74, 6) is 0.209. The normalized spacial score (nSPS) is 13.5. The van der Waals surface area contributed by atoms with Crippen LogP contribution in [-0.2, 0) is 4.79 Å². The molecule has 0 aliphatic carbocycles. The van der Waals surface area contributed by atoms with Gasteiger partial charge in [-0.3, -0.25) is 18.8 Å². The van der Waals surface area contributed by atoms with Gasteiger partial charge in [0, 0.05) is 45.8 Å². The Labute approximate surface area is 289 Å². The maximum absolute atomic E-state index is 13.9. The highest BCUT2D eigenvalue weighted by Crippen LogP contribution is 2.36. The third-order valence-electron chi connectivity index (χ3n) is 8.80. The minimum atomic E-state index is -0.379. The lowest BCUT2D eigenvalue weighted by Crippen LogP contribution is -2.47. The molecular formula is C36H43BrN6O5. The van der Waals surface area contributed by atoms with E-state index in [2.05, 4.69) is 32.9 Å². The number of nitrogens with zero attached hydrogens (tertiary/aromatic N) is 5. The Morgan fingerprint density at radius 3 is 2.44 bits per heavy atom. The molecule has 0 atom stereocenters. The Morgan fingerprint density at radius 1 is 0.979 bits per heavy atom. The van der Waals surface area contributed by atoms with Crippen LogP contribution in [0.25, 0.3) is 5.65 Å². The minimum absolute atomic E-state index is 0.0635. The van der Waals surface area contributed by atoms with Crippen LogP contribution in [0.15, 0.2) is 53.3 Å². The van der Waals surface area contributed by atoms with Crippen molar-refractivity contribution in [2.45, 2.75) is 39.5 Å². The molecule has 2 aromatic carbocycles. The van der Waals surface area contributed by atoms with Crippen molar-refractivity contribution in [2.75, 3.05) is 64.6 Å². The van der Waals surface area contributed by atoms with Crippen LogP contribution in [0, 0.1) is 13.8 Å². The Morgan fingerprint density at radius 2 is 1.71 bits per heavy atom. The molecule has 3 heterocycles. The van der Waals surface area contributed by atoms with E-state index < -0.39 is 0 Å². The molecule has 4 aromatic rings. The van der Waals surface area contributed by atoms with Gasteiger partial charge in [0.05, 0.1) is 47.5 Å². The van der Waals surface area contributed by atoms with Crippen molar-refractivity contribution in [3.8, 4) is 11.5 Å². The predicted molar refractivity (Wildman–Crippen MR) is 190 cm³/mol. The topological polar surface area (TPSA) is 123 Å². The van der Waals surface area contributed by atoms with E-state index in [1.165, 1.54) is 12.0 Å². The molecule has 0 spiro atoms. The van der Waals surface area contributed by atoms with E-state index in [9.17, 15) is 14.4 Å². The fourth-order valence-electron chi connectivity index (χ4n) is 5.91. The molecule has 0 unspecified atom stereocenters. The second kappa shape index (κ2) is 15.2. The number of halogens is 1. The van der Waals surface area contributed by atoms with Crippen molar-refractivity contribution >= 4 is 50.5 Å². The Bertz CT molecular complexity index is 1830. The van der Waals surface area contributed by atoms with Gasteiger partial charge in [-0.05, 0) is 98.0 Å². The van der Waals surface area contributed by atoms with Gasteiger partial charge in [-0.1, -0.05) is 6.07 Å². The first-order valence-electron chi connectivity index (χ1n) is 16.1. The highest BCUT2D eigenvalue weighted by Gasteiger charge is 2.27. The molecule has 2 N–H and O–H groups in total. The molecule has 1 aliphatic heterocycles. The van der Waals surface area contributed by atoms with E-state index >= 15 is 0 Å². The maximum Gasteiger partial charge on any atom is 0.260 e. The van der Waals surface area contributed by atoms with Crippen LogP contribution in [0.5, 0.6) is 11.5 Å². The molecule has 11 nitrogen and oxygen atoms in total. The molecular weight excluding hydrogens is 676 g/mol. The fourth-order valence-corrected chi connectivity index (χ4v) is 6.29. The van der Waals surface area contributed by atoms with Gasteiger partial charge in [0.2, 0.25) is 11.7 Å². The van der Waals surface area contributed by atoms with Gasteiger partial charge < -0.3 is 29.9 Å². The van der Waals surface area contributed by atoms with Gasteiger partial charge in [0.25, 0.3) is 5.91 Å². The second-order valence-corrected chi connectivity index (χ2v) is 13.0. The average Bonchev–Trinajstić information content (AvgIpc) is 3.38. The Hall–Kier alpha value is -4.42. The predicted octanol–water partition coefficient (Wildman–Crippen LogP) is 5.53. The number of amides is 2. The highest BCUT2D eigenvalue weighted by atomic mass is 79.9. The molecule has 48 heavy (non-hydrogen) atoms. The van der Waals surface area contributed by atoms with E-state index in [0.717, 1.165) is 61.3 Å². The van der Waals surface area contributed by atoms with Gasteiger partial charge >= 0.3 is 0 Å². The number of imidazole rings is 1. The van der Waals surface area contributed by atoms with Crippen molar-refractivity contribution in [3.05, 3.63) is 81.2 Å². The number of ether oxygens (including phenoxy) is 2. The number of rotatable bonds is 12. The lowest BCUT2D eigenvalue weighted by molar-refractivity contribution is -0.132. The van der Waals surface area contributed by atoms with Crippen LogP contribution in [0.2, 0.25) is 0 Å². The number of hydrogen-bond acceptors (Lipinski definition) is 8. The second-order valence-electron chi connectivity index (χ2n) is 12.2. The lowest BCUT2D eigenvalue weighted by Gasteiger charge is -2.32. The monoisotopic (exact) mass is 718 g/mol. The van der Waals surface area contributed by atoms with Crippen molar-refractivity contribution in [1.29, 1.82) is 0 Å². The molecule has 1 fully saturated rings. The van der Waals surface area contributed by atoms with E-state index in [4.69, 9.17) is 15.2 Å². The van der Waals surface area contributed by atoms with Crippen LogP contribution in [0.1, 0.15) is 63.2 Å². The number of ketones is 1. The first-order valence-corrected chi connectivity index (χ1v) is 16.9. The number of fused-ring (bicyclic) bond motifs is 1. The number of methoxy groups -OCH3 is 1. The SMILES string of the molecule is COc1c(C(=O)c2cccn3c(Br)c(C)nc23)ccc(C(=O)N(C)c2ccc(C)cc2OCCCCCC(=O)N2CCN(C)CC2)c1N. The summed E-state index contributed by atoms with van der Waals surface area (Å²) in [6.45, 7) is 7.70. The first kappa shape index (κ1) is 34.9. The number of aryl methyl sites for hydroxylation is 2. The molecule has 2 aromatic heterocycles. The largest absolute Gasteiger partial charge is 0.494 e. The number of nitrogens with two attached hydrogens (primary N) is 1. The summed E-state index contributed by atoms with van der Waals surface area (Å²) in [5, 5.41) is 0. The minimum Gasteiger partial charge on any atom is -0.494 e. The molecule has 5 rings (SSSR count). The number of likely N-dealkylation sites (N-methyl/N-ethyl adjacent to an activating group) is 1. The van der Waals surface area contributed by atoms with Crippen molar-refractivity contribution in [3.63, 3.8) is 0 Å². The Balaban J connectivity index is 1.26. The van der Waals surface area contributed by atoms with Crippen LogP contribution in [0.4, 0.5) is 11.4 Å². The number of aromatic nitrogens is 2. The lowest BCUT2D eigenvalue weighted by atomic mass is 9.99. The number of hydrogen-bond donors (Lipinski definition) is 1. The number of carbonyl (C=O) groups is 3. The number of nitrogen functional groups attached to an aromatic ring is 1. The summed E-state index contributed by atoms with van der Waals surface area (Å²) < 4.78 is 14.3. The van der Waals surface area contributed by atoms with Crippen LogP contribution in [0.3, 0.4) is 0 Å². The molecule has 1 aliphatic rings. The third kappa shape index (κ3) is 7.34. The highest BCUT2D eigenvalue weighted by molar-refractivity contribution is 9.10. The van der Waals surface area contributed by atoms with Gasteiger partial charge in [-0.25, -0.2) is 4.98 Å². The summed E-state index contributed by atoms with van der Waals surface area (Å²) in [4.78, 5) is 50.4. The van der Waals surface area contributed by atoms with E-state index in [-0.39, 0.29) is 40.2 Å². The number of pyridine rings is 1. The molecule has 0 radical (unpaired) electrons. The summed E-state index contributed by atoms with van der Waals surface area (Å²) in [5.41, 5.74) is 10.2. The van der Waals surface area contributed by atoms with E-state index in [1.807, 2.05) is 43.1 Å². The number of benzene rings is 2. The van der Waals surface area contributed by atoms with Gasteiger partial charge in [0.15, 0.2) is 5.75 Å². The van der Waals surface area contributed by atoms with E-state index in [0.29, 0.717) is 35.7 Å². The molecule has 1 saturated heterocycles. The summed E-state index contributed by atoms with van der Waals surface area (Å²) in [6, 6.07) is 12.2. The first-order chi connectivity index (χ1) is 23.0. The number of unbranched alkanes of at least 4 members (excludes halogenated alkanes) is 2. The number of carbonyl (C=O) groups excluding carboxylic acids is 3. The number of piperazine rings is 1. The zero-order valence-electron chi connectivity index (χ0n) is 28.2. The van der Waals surface area contributed by atoms with Crippen molar-refractivity contribution in [1.82, 2.24) is 19.2 Å². The Kier molecular flexibility index (Phi) is 11.1. The quantitative estimate of drug-likeness (QED) is 0.115. The van der Waals surface area contributed by atoms with Crippen LogP contribution >= 0.6 is 15.9 Å². The standard InChI is InChI=1S/C36H43BrN6O5/c1-23-12-15-28(29(22-23)48-21-8-6-7-11-30(44)42-19-17-40(3)18-20-42)41(4)36(46)25-13-14-26(33(47-5)31(25)38)32(45)27-10-9-16-43-34(37)24(2)39-35(27)43/h9-10,12-16,22H,6-8,11,17-21,38H2,1-5H3. The zero-order chi connectivity index (χ0) is 34.5. The van der Waals surface area contributed by atoms with Gasteiger partial charge in [-0.15, -0.1) is 0 Å². The molecule has 0 saturated carbocycles. The zero-order valence-corrected chi connectivity index (χ0v) is 29.8. The summed E-state index contributed by atoms with van der Waals surface area (Å²) >= 11 is 3.52. The average molecular weight is 720 g/mol. The van der Waals surface area contributed by atoms with Crippen LogP contribution in [-0.4, -0.2) is 90.8 Å². The van der Waals surface area contributed by atoms with Gasteiger partial charge in [-0.2, -0.15) is 0 Å². The smallest absolute Gasteiger partial charge is 0.260 e. The van der Waals surface area contributed by atoms with Gasteiger partial charge in [0.1, 0.15) is 16.0 Å². The third-order valence-corrected chi connectivity index (χ3v) is 9.76. The molecule has 0 bridgehead atoms. The number of anilines is 2. The van der Waals surface area contributed by atoms with Crippen LogP contribution < -0.4 is 20.1 Å². The molecule has 12 heteroatoms. The maximum atomic E-state index is 13.9. The van der Waals surface area contributed by atoms with E-state index in [1.54, 1.807) is 35.7 Å².